The lowest BCUT2D eigenvalue weighted by Crippen LogP contribution is -2.22. The summed E-state index contributed by atoms with van der Waals surface area (Å²) in [4.78, 5) is 47.9. The van der Waals surface area contributed by atoms with Crippen molar-refractivity contribution in [3.05, 3.63) is 52.6 Å². The van der Waals surface area contributed by atoms with Gasteiger partial charge >= 0.3 is 17.9 Å². The average Bonchev–Trinajstić information content (AvgIpc) is 2.69. The first-order chi connectivity index (χ1) is 14.7. The fourth-order valence-electron chi connectivity index (χ4n) is 3.40. The second kappa shape index (κ2) is 10.0. The average molecular weight is 465 g/mol. The number of benzene rings is 2. The largest absolute Gasteiger partial charge is 0.489 e. The highest BCUT2D eigenvalue weighted by Crippen LogP contribution is 2.41. The fourth-order valence-corrected chi connectivity index (χ4v) is 3.40. The van der Waals surface area contributed by atoms with Gasteiger partial charge in [-0.05, 0) is 42.7 Å². The Balaban J connectivity index is 0.00000363. The Kier molecular flexibility index (Phi) is 7.66. The summed E-state index contributed by atoms with van der Waals surface area (Å²) in [7, 11) is 0. The molecule has 1 aliphatic heterocycles. The van der Waals surface area contributed by atoms with Crippen molar-refractivity contribution in [2.45, 2.75) is 25.2 Å². The Labute approximate surface area is 188 Å². The number of ether oxygens (including phenoxy) is 2. The predicted molar refractivity (Wildman–Crippen MR) is 114 cm³/mol. The molecule has 0 bridgehead atoms. The lowest BCUT2D eigenvalue weighted by atomic mass is 9.92. The summed E-state index contributed by atoms with van der Waals surface area (Å²) in [5.41, 5.74) is 12.2. The number of carboxylic acid groups (broad SMARTS) is 2. The second-order valence-electron chi connectivity index (χ2n) is 6.97. The van der Waals surface area contributed by atoms with Crippen LogP contribution in [0.3, 0.4) is 0 Å². The van der Waals surface area contributed by atoms with E-state index in [1.165, 1.54) is 24.3 Å². The summed E-state index contributed by atoms with van der Waals surface area (Å²) in [5, 5.41) is 18.7. The smallest absolute Gasteiger partial charge is 0.343 e. The molecular formula is C21H21ClN2O8. The van der Waals surface area contributed by atoms with Crippen molar-refractivity contribution in [1.82, 2.24) is 0 Å². The number of anilines is 1. The summed E-state index contributed by atoms with van der Waals surface area (Å²) in [5.74, 6) is -6.63. The summed E-state index contributed by atoms with van der Waals surface area (Å²) < 4.78 is 11.2. The molecule has 1 aliphatic rings. The SMILES string of the molecule is Cl.NC(=O)c1ccc(C(CC(=O)O)C(=O)O)c2c1OCCCc1cc(N)ccc1C(=O)O2. The molecule has 1 amide bonds. The van der Waals surface area contributed by atoms with Crippen LogP contribution >= 0.6 is 12.4 Å². The quantitative estimate of drug-likeness (QED) is 0.292. The topological polar surface area (TPSA) is 179 Å². The number of carbonyl (C=O) groups is 4. The maximum Gasteiger partial charge on any atom is 0.343 e. The van der Waals surface area contributed by atoms with Gasteiger partial charge in [-0.15, -0.1) is 12.4 Å². The highest BCUT2D eigenvalue weighted by Gasteiger charge is 2.32. The molecule has 0 aromatic heterocycles. The molecule has 0 spiro atoms. The Morgan fingerprint density at radius 3 is 2.44 bits per heavy atom. The molecule has 6 N–H and O–H groups in total. The molecule has 1 heterocycles. The molecule has 0 aliphatic carbocycles. The van der Waals surface area contributed by atoms with Gasteiger partial charge in [0, 0.05) is 11.3 Å². The van der Waals surface area contributed by atoms with Gasteiger partial charge in [-0.1, -0.05) is 6.07 Å². The predicted octanol–water partition coefficient (Wildman–Crippen LogP) is 1.98. The third-order valence-corrected chi connectivity index (χ3v) is 4.84. The van der Waals surface area contributed by atoms with E-state index in [9.17, 15) is 24.3 Å². The number of primary amides is 1. The summed E-state index contributed by atoms with van der Waals surface area (Å²) in [6.45, 7) is 0.0964. The first-order valence-corrected chi connectivity index (χ1v) is 9.33. The van der Waals surface area contributed by atoms with E-state index in [4.69, 9.17) is 26.0 Å². The summed E-state index contributed by atoms with van der Waals surface area (Å²) in [6, 6.07) is 7.06. The minimum Gasteiger partial charge on any atom is -0.489 e. The number of amides is 1. The molecule has 1 unspecified atom stereocenters. The number of nitrogens with two attached hydrogens (primary N) is 2. The first-order valence-electron chi connectivity index (χ1n) is 9.33. The highest BCUT2D eigenvalue weighted by atomic mass is 35.5. The second-order valence-corrected chi connectivity index (χ2v) is 6.97. The molecule has 1 atom stereocenters. The fraction of sp³-hybridized carbons (Fsp3) is 0.238. The van der Waals surface area contributed by atoms with E-state index in [0.717, 1.165) is 0 Å². The number of nitrogen functional groups attached to an aromatic ring is 1. The van der Waals surface area contributed by atoms with Crippen molar-refractivity contribution in [2.75, 3.05) is 12.3 Å². The third kappa shape index (κ3) is 5.09. The molecule has 2 aromatic carbocycles. The number of hydrogen-bond acceptors (Lipinski definition) is 7. The first kappa shape index (κ1) is 24.5. The summed E-state index contributed by atoms with van der Waals surface area (Å²) in [6.07, 6.45) is 0.110. The van der Waals surface area contributed by atoms with E-state index in [1.807, 2.05) is 0 Å². The van der Waals surface area contributed by atoms with E-state index in [0.29, 0.717) is 24.1 Å². The zero-order valence-electron chi connectivity index (χ0n) is 16.7. The Morgan fingerprint density at radius 1 is 1.09 bits per heavy atom. The van der Waals surface area contributed by atoms with Gasteiger partial charge < -0.3 is 31.2 Å². The van der Waals surface area contributed by atoms with E-state index in [-0.39, 0.29) is 47.2 Å². The van der Waals surface area contributed by atoms with Crippen LogP contribution in [0.2, 0.25) is 0 Å². The molecule has 2 aromatic rings. The van der Waals surface area contributed by atoms with Gasteiger partial charge in [-0.3, -0.25) is 14.4 Å². The van der Waals surface area contributed by atoms with Gasteiger partial charge in [0.05, 0.1) is 30.1 Å². The zero-order valence-corrected chi connectivity index (χ0v) is 17.5. The number of aliphatic carboxylic acids is 2. The van der Waals surface area contributed by atoms with Gasteiger partial charge in [0.2, 0.25) is 0 Å². The van der Waals surface area contributed by atoms with Crippen molar-refractivity contribution in [3.8, 4) is 11.5 Å². The monoisotopic (exact) mass is 464 g/mol. The zero-order chi connectivity index (χ0) is 22.7. The van der Waals surface area contributed by atoms with Crippen LogP contribution in [-0.4, -0.2) is 40.6 Å². The van der Waals surface area contributed by atoms with Crippen LogP contribution in [0.4, 0.5) is 5.69 Å². The van der Waals surface area contributed by atoms with Crippen molar-refractivity contribution in [3.63, 3.8) is 0 Å². The van der Waals surface area contributed by atoms with Crippen molar-refractivity contribution in [1.29, 1.82) is 0 Å². The van der Waals surface area contributed by atoms with Crippen LogP contribution in [0, 0.1) is 0 Å². The number of carboxylic acids is 2. The molecule has 0 fully saturated rings. The number of aryl methyl sites for hydroxylation is 1. The maximum absolute atomic E-state index is 12.9. The van der Waals surface area contributed by atoms with Crippen molar-refractivity contribution >= 4 is 41.9 Å². The Bertz CT molecular complexity index is 1090. The molecule has 11 heteroatoms. The normalized spacial score (nSPS) is 13.8. The van der Waals surface area contributed by atoms with E-state index < -0.39 is 36.2 Å². The lowest BCUT2D eigenvalue weighted by molar-refractivity contribution is -0.145. The minimum atomic E-state index is -1.56. The van der Waals surface area contributed by atoms with E-state index >= 15 is 0 Å². The number of fused-ring (bicyclic) bond motifs is 2. The Morgan fingerprint density at radius 2 is 1.81 bits per heavy atom. The van der Waals surface area contributed by atoms with Crippen LogP contribution in [-0.2, 0) is 16.0 Å². The standard InChI is InChI=1S/C21H20N2O8.ClH/c22-11-3-4-12-10(8-11)2-1-7-30-17-14(19(23)26)6-5-13(18(17)31-21(12)29)15(20(27)28)9-16(24)25;/h3-6,8,15H,1-2,7,9,22H2,(H2,23,26)(H,24,25)(H,27,28);1H. The van der Waals surface area contributed by atoms with Crippen LogP contribution in [0.5, 0.6) is 11.5 Å². The molecule has 0 radical (unpaired) electrons. The van der Waals surface area contributed by atoms with Crippen molar-refractivity contribution < 1.29 is 38.9 Å². The molecular weight excluding hydrogens is 444 g/mol. The number of esters is 1. The number of rotatable bonds is 5. The van der Waals surface area contributed by atoms with Crippen LogP contribution < -0.4 is 20.9 Å². The number of hydrogen-bond donors (Lipinski definition) is 4. The highest BCUT2D eigenvalue weighted by molar-refractivity contribution is 5.99. The molecule has 10 nitrogen and oxygen atoms in total. The van der Waals surface area contributed by atoms with Gasteiger partial charge in [0.15, 0.2) is 11.5 Å². The summed E-state index contributed by atoms with van der Waals surface area (Å²) >= 11 is 0. The number of carbonyl (C=O) groups excluding carboxylic acids is 2. The Hall–Kier alpha value is -3.79. The van der Waals surface area contributed by atoms with Gasteiger partial charge in [0.1, 0.15) is 0 Å². The van der Waals surface area contributed by atoms with Gasteiger partial charge in [0.25, 0.3) is 5.91 Å². The molecule has 32 heavy (non-hydrogen) atoms. The molecule has 0 saturated carbocycles. The lowest BCUT2D eigenvalue weighted by Gasteiger charge is -2.22. The van der Waals surface area contributed by atoms with Gasteiger partial charge in [-0.2, -0.15) is 0 Å². The van der Waals surface area contributed by atoms with E-state index in [2.05, 4.69) is 0 Å². The third-order valence-electron chi connectivity index (χ3n) is 4.84. The van der Waals surface area contributed by atoms with E-state index in [1.54, 1.807) is 6.07 Å². The van der Waals surface area contributed by atoms with Crippen LogP contribution in [0.1, 0.15) is 50.6 Å². The minimum absolute atomic E-state index is 0. The molecule has 0 saturated heterocycles. The van der Waals surface area contributed by atoms with Crippen LogP contribution in [0.25, 0.3) is 0 Å². The van der Waals surface area contributed by atoms with Crippen LogP contribution in [0.15, 0.2) is 30.3 Å². The number of halogens is 1. The van der Waals surface area contributed by atoms with Crippen molar-refractivity contribution in [2.24, 2.45) is 5.73 Å². The maximum atomic E-state index is 12.9. The molecule has 170 valence electrons. The molecule has 3 rings (SSSR count). The van der Waals surface area contributed by atoms with Gasteiger partial charge in [-0.25, -0.2) is 4.79 Å².